The Kier molecular flexibility index (Phi) is 10.8. The van der Waals surface area contributed by atoms with Gasteiger partial charge in [-0.05, 0) is 53.1 Å². The molecule has 1 aromatic rings. The number of hydrogen-bond donors (Lipinski definition) is 5. The zero-order valence-electron chi connectivity index (χ0n) is 15.1. The molecule has 0 fully saturated rings. The summed E-state index contributed by atoms with van der Waals surface area (Å²) < 4.78 is 0. The summed E-state index contributed by atoms with van der Waals surface area (Å²) in [5.41, 5.74) is 12.9. The predicted molar refractivity (Wildman–Crippen MR) is 121 cm³/mol. The minimum atomic E-state index is -0.321. The molecule has 0 atom stereocenters. The van der Waals surface area contributed by atoms with E-state index < -0.39 is 0 Å². The van der Waals surface area contributed by atoms with Gasteiger partial charge >= 0.3 is 0 Å². The molecule has 1 rings (SSSR count). The zero-order chi connectivity index (χ0) is 20.2. The minimum absolute atomic E-state index is 0.0742. The largest absolute Gasteiger partial charge is 0.378 e. The number of carbonyl (C=O) groups excluding carboxylic acids is 1. The van der Waals surface area contributed by atoms with E-state index in [2.05, 4.69) is 4.99 Å². The van der Waals surface area contributed by atoms with Crippen LogP contribution in [0.4, 0.5) is 0 Å². The molecule has 0 unspecified atom stereocenters. The predicted octanol–water partition coefficient (Wildman–Crippen LogP) is 3.21. The van der Waals surface area contributed by atoms with Crippen LogP contribution in [0, 0.1) is 23.2 Å². The van der Waals surface area contributed by atoms with Gasteiger partial charge in [-0.15, -0.1) is 0 Å². The number of thioether (sulfide) groups is 3. The third kappa shape index (κ3) is 10.8. The van der Waals surface area contributed by atoms with Crippen molar-refractivity contribution >= 4 is 61.6 Å². The van der Waals surface area contributed by atoms with Crippen LogP contribution in [0.5, 0.6) is 0 Å². The number of aryl methyl sites for hydroxylation is 1. The number of rotatable bonds is 8. The van der Waals surface area contributed by atoms with Gasteiger partial charge in [0.15, 0.2) is 10.3 Å². The molecule has 0 saturated carbocycles. The Hall–Kier alpha value is -1.78. The van der Waals surface area contributed by atoms with E-state index >= 15 is 0 Å². The van der Waals surface area contributed by atoms with Crippen molar-refractivity contribution in [3.8, 4) is 0 Å². The number of carbonyl (C=O) groups is 1. The molecule has 0 bridgehead atoms. The Labute approximate surface area is 172 Å². The quantitative estimate of drug-likeness (QED) is 0.245. The molecule has 0 saturated heterocycles. The van der Waals surface area contributed by atoms with E-state index in [9.17, 15) is 4.79 Å². The number of aliphatic imine (C=N–C) groups is 1. The third-order valence-electron chi connectivity index (χ3n) is 3.25. The van der Waals surface area contributed by atoms with Gasteiger partial charge in [-0.25, -0.2) is 0 Å². The Bertz CT molecular complexity index is 735. The molecule has 10 heteroatoms. The van der Waals surface area contributed by atoms with Crippen LogP contribution in [0.2, 0.25) is 0 Å². The van der Waals surface area contributed by atoms with Gasteiger partial charge in [0, 0.05) is 12.8 Å². The summed E-state index contributed by atoms with van der Waals surface area (Å²) in [7, 11) is 0. The Morgan fingerprint density at radius 1 is 1.04 bits per heavy atom. The van der Waals surface area contributed by atoms with Crippen LogP contribution in [-0.2, 0) is 11.2 Å². The molecule has 146 valence electrons. The summed E-state index contributed by atoms with van der Waals surface area (Å²) >= 11 is 3.57. The number of hydrogen-bond acceptors (Lipinski definition) is 7. The number of nitrogens with two attached hydrogens (primary N) is 2. The first-order valence-electron chi connectivity index (χ1n) is 8.11. The van der Waals surface area contributed by atoms with Gasteiger partial charge in [0.05, 0.1) is 16.5 Å². The molecule has 7 N–H and O–H groups in total. The highest BCUT2D eigenvalue weighted by molar-refractivity contribution is 8.26. The fourth-order valence-corrected chi connectivity index (χ4v) is 4.18. The van der Waals surface area contributed by atoms with Crippen LogP contribution in [0.1, 0.15) is 24.0 Å². The van der Waals surface area contributed by atoms with Crippen LogP contribution in [-0.4, -0.2) is 37.8 Å². The highest BCUT2D eigenvalue weighted by Gasteiger charge is 2.08. The monoisotopic (exact) mass is 424 g/mol. The highest BCUT2D eigenvalue weighted by Crippen LogP contribution is 2.14. The smallest absolute Gasteiger partial charge is 0.252 e. The Morgan fingerprint density at radius 3 is 2.22 bits per heavy atom. The topological polar surface area (TPSA) is 153 Å². The first-order valence-corrected chi connectivity index (χ1v) is 10.9. The number of benzene rings is 1. The van der Waals surface area contributed by atoms with Crippen molar-refractivity contribution in [1.29, 1.82) is 16.2 Å². The minimum Gasteiger partial charge on any atom is -0.378 e. The summed E-state index contributed by atoms with van der Waals surface area (Å²) in [6.45, 7) is 1.94. The SMILES string of the molecule is Cc1ccccc1CC(=O)N=C(N)SC(=N)CCSCCC(=N)SC(=N)N. The van der Waals surface area contributed by atoms with Crippen molar-refractivity contribution in [2.24, 2.45) is 16.5 Å². The van der Waals surface area contributed by atoms with Gasteiger partial charge in [-0.1, -0.05) is 24.3 Å². The van der Waals surface area contributed by atoms with E-state index in [-0.39, 0.29) is 22.7 Å². The summed E-state index contributed by atoms with van der Waals surface area (Å²) in [4.78, 5) is 15.9. The number of amides is 1. The number of amidine groups is 2. The first kappa shape index (κ1) is 23.3. The molecule has 0 aliphatic rings. The Balaban J connectivity index is 2.28. The van der Waals surface area contributed by atoms with Gasteiger partial charge in [0.1, 0.15) is 0 Å². The second kappa shape index (κ2) is 12.6. The molecule has 1 amide bonds. The van der Waals surface area contributed by atoms with Crippen molar-refractivity contribution in [2.75, 3.05) is 11.5 Å². The van der Waals surface area contributed by atoms with Crippen LogP contribution in [0.15, 0.2) is 29.3 Å². The van der Waals surface area contributed by atoms with E-state index in [1.807, 2.05) is 31.2 Å². The molecule has 1 aromatic carbocycles. The second-order valence-electron chi connectivity index (χ2n) is 5.47. The summed E-state index contributed by atoms with van der Waals surface area (Å²) in [5, 5.41) is 23.3. The zero-order valence-corrected chi connectivity index (χ0v) is 17.5. The lowest BCUT2D eigenvalue weighted by Gasteiger charge is -2.05. The summed E-state index contributed by atoms with van der Waals surface area (Å²) in [6, 6.07) is 7.63. The molecule has 0 aromatic heterocycles. The van der Waals surface area contributed by atoms with Crippen molar-refractivity contribution < 1.29 is 4.79 Å². The molecule has 0 spiro atoms. The van der Waals surface area contributed by atoms with Crippen LogP contribution < -0.4 is 11.5 Å². The maximum absolute atomic E-state index is 12.0. The van der Waals surface area contributed by atoms with Crippen LogP contribution in [0.3, 0.4) is 0 Å². The van der Waals surface area contributed by atoms with E-state index in [0.717, 1.165) is 40.4 Å². The van der Waals surface area contributed by atoms with Gasteiger partial charge in [0.2, 0.25) is 0 Å². The first-order chi connectivity index (χ1) is 12.8. The van der Waals surface area contributed by atoms with E-state index in [4.69, 9.17) is 27.7 Å². The van der Waals surface area contributed by atoms with Crippen molar-refractivity contribution in [1.82, 2.24) is 0 Å². The fourth-order valence-electron chi connectivity index (χ4n) is 1.95. The molecule has 7 nitrogen and oxygen atoms in total. The summed E-state index contributed by atoms with van der Waals surface area (Å²) in [6.07, 6.45) is 1.26. The molecule has 0 aliphatic heterocycles. The Morgan fingerprint density at radius 2 is 1.63 bits per heavy atom. The molecule has 0 aliphatic carbocycles. The molecule has 0 radical (unpaired) electrons. The highest BCUT2D eigenvalue weighted by atomic mass is 32.2. The van der Waals surface area contributed by atoms with Gasteiger partial charge in [0.25, 0.3) is 5.91 Å². The number of nitrogens with one attached hydrogen (secondary N) is 3. The summed E-state index contributed by atoms with van der Waals surface area (Å²) in [5.74, 6) is 1.13. The van der Waals surface area contributed by atoms with Crippen LogP contribution >= 0.6 is 35.3 Å². The van der Waals surface area contributed by atoms with Crippen molar-refractivity contribution in [2.45, 2.75) is 26.2 Å². The standard InChI is InChI=1S/C17H24N6OS3/c1-11-4-2-3-5-12(11)10-15(24)23-17(22)27-14(19)7-9-25-8-6-13(18)26-16(20)21/h2-5,18-19H,6-10H2,1H3,(H3,20,21)(H2,22,23,24). The van der Waals surface area contributed by atoms with Gasteiger partial charge < -0.3 is 11.5 Å². The lowest BCUT2D eigenvalue weighted by Crippen LogP contribution is -2.14. The van der Waals surface area contributed by atoms with Crippen molar-refractivity contribution in [3.63, 3.8) is 0 Å². The lowest BCUT2D eigenvalue weighted by molar-refractivity contribution is -0.117. The van der Waals surface area contributed by atoms with E-state index in [1.165, 1.54) is 0 Å². The maximum atomic E-state index is 12.0. The number of nitrogens with zero attached hydrogens (tertiary/aromatic N) is 1. The van der Waals surface area contributed by atoms with Gasteiger partial charge in [-0.3, -0.25) is 21.0 Å². The molecular formula is C17H24N6OS3. The normalized spacial score (nSPS) is 11.2. The molecule has 0 heterocycles. The second-order valence-corrected chi connectivity index (χ2v) is 8.95. The van der Waals surface area contributed by atoms with Crippen LogP contribution in [0.25, 0.3) is 0 Å². The average Bonchev–Trinajstić information content (AvgIpc) is 2.55. The molecule has 27 heavy (non-hydrogen) atoms. The lowest BCUT2D eigenvalue weighted by atomic mass is 10.1. The fraction of sp³-hybridized carbons (Fsp3) is 0.353. The van der Waals surface area contributed by atoms with Gasteiger partial charge in [-0.2, -0.15) is 16.8 Å². The van der Waals surface area contributed by atoms with Crippen molar-refractivity contribution in [3.05, 3.63) is 35.4 Å². The third-order valence-corrected chi connectivity index (χ3v) is 5.65. The molecular weight excluding hydrogens is 400 g/mol. The van der Waals surface area contributed by atoms with E-state index in [0.29, 0.717) is 28.7 Å². The average molecular weight is 425 g/mol. The van der Waals surface area contributed by atoms with E-state index in [1.54, 1.807) is 11.8 Å². The maximum Gasteiger partial charge on any atom is 0.252 e.